The van der Waals surface area contributed by atoms with E-state index in [4.69, 9.17) is 10.2 Å². The van der Waals surface area contributed by atoms with Crippen molar-refractivity contribution in [3.63, 3.8) is 0 Å². The Morgan fingerprint density at radius 1 is 1.22 bits per heavy atom. The fourth-order valence-electron chi connectivity index (χ4n) is 4.73. The highest BCUT2D eigenvalue weighted by molar-refractivity contribution is 5.96. The number of hydrogen-bond donors (Lipinski definition) is 2. The number of aromatic nitrogens is 6. The van der Waals surface area contributed by atoms with Gasteiger partial charge in [0, 0.05) is 49.4 Å². The number of nitrogen functional groups attached to an aromatic ring is 1. The number of anilines is 2. The average Bonchev–Trinajstić information content (AvgIpc) is 3.45. The second kappa shape index (κ2) is 8.33. The van der Waals surface area contributed by atoms with Gasteiger partial charge in [0.25, 0.3) is 11.4 Å². The van der Waals surface area contributed by atoms with E-state index in [-0.39, 0.29) is 17.6 Å². The fraction of sp³-hybridized carbons (Fsp3) is 0.269. The van der Waals surface area contributed by atoms with Crippen LogP contribution in [0, 0.1) is 6.92 Å². The Morgan fingerprint density at radius 2 is 2.06 bits per heavy atom. The maximum absolute atomic E-state index is 14.0. The van der Waals surface area contributed by atoms with Gasteiger partial charge in [-0.15, -0.1) is 10.2 Å². The molecule has 1 aliphatic carbocycles. The molecule has 0 radical (unpaired) electrons. The maximum Gasteiger partial charge on any atom is 0.259 e. The zero-order valence-electron chi connectivity index (χ0n) is 20.3. The van der Waals surface area contributed by atoms with Crippen LogP contribution in [0.4, 0.5) is 11.5 Å². The topological polar surface area (TPSA) is 130 Å². The highest BCUT2D eigenvalue weighted by atomic mass is 16.4. The number of aryl methyl sites for hydroxylation is 2. The molecule has 1 atom stereocenters. The van der Waals surface area contributed by atoms with Crippen LogP contribution in [0.25, 0.3) is 33.4 Å². The summed E-state index contributed by atoms with van der Waals surface area (Å²) in [6.45, 7) is 3.74. The van der Waals surface area contributed by atoms with Crippen LogP contribution in [-0.2, 0) is 7.05 Å². The van der Waals surface area contributed by atoms with Gasteiger partial charge in [-0.25, -0.2) is 4.98 Å². The Bertz CT molecular complexity index is 1660. The SMILES string of the molecule is Cc1nnc(-c2c(N)ccnc2N[C@@H](C)c2cc3cccc(-c4cnn(C)c4)c3c(=O)n2C2CC2)o1. The van der Waals surface area contributed by atoms with Gasteiger partial charge in [0.15, 0.2) is 0 Å². The van der Waals surface area contributed by atoms with Gasteiger partial charge in [0.05, 0.1) is 17.6 Å². The smallest absolute Gasteiger partial charge is 0.259 e. The molecule has 1 saturated carbocycles. The van der Waals surface area contributed by atoms with Crippen molar-refractivity contribution in [1.82, 2.24) is 29.5 Å². The van der Waals surface area contributed by atoms with Crippen LogP contribution < -0.4 is 16.6 Å². The Labute approximate surface area is 206 Å². The Hall–Kier alpha value is -4.47. The Balaban J connectivity index is 1.47. The highest BCUT2D eigenvalue weighted by Crippen LogP contribution is 2.39. The zero-order valence-corrected chi connectivity index (χ0v) is 20.3. The minimum absolute atomic E-state index is 0.00591. The van der Waals surface area contributed by atoms with Crippen LogP contribution in [0.2, 0.25) is 0 Å². The molecule has 5 aromatic rings. The molecule has 182 valence electrons. The number of nitrogens with zero attached hydrogens (tertiary/aromatic N) is 6. The van der Waals surface area contributed by atoms with Crippen LogP contribution in [-0.4, -0.2) is 29.5 Å². The van der Waals surface area contributed by atoms with Gasteiger partial charge >= 0.3 is 0 Å². The first kappa shape index (κ1) is 22.0. The summed E-state index contributed by atoms with van der Waals surface area (Å²) in [5.41, 5.74) is 9.99. The van der Waals surface area contributed by atoms with Crippen LogP contribution in [0.3, 0.4) is 0 Å². The van der Waals surface area contributed by atoms with Crippen molar-refractivity contribution in [3.8, 4) is 22.6 Å². The molecule has 1 aliphatic rings. The molecule has 3 N–H and O–H groups in total. The molecule has 36 heavy (non-hydrogen) atoms. The molecule has 0 saturated heterocycles. The lowest BCUT2D eigenvalue weighted by atomic mass is 10.00. The van der Waals surface area contributed by atoms with E-state index in [2.05, 4.69) is 31.7 Å². The van der Waals surface area contributed by atoms with Gasteiger partial charge in [-0.2, -0.15) is 5.10 Å². The number of nitrogens with one attached hydrogen (secondary N) is 1. The lowest BCUT2D eigenvalue weighted by molar-refractivity contribution is 0.533. The molecular formula is C26H26N8O2. The summed E-state index contributed by atoms with van der Waals surface area (Å²) in [6, 6.07) is 9.65. The van der Waals surface area contributed by atoms with Gasteiger partial charge in [-0.1, -0.05) is 18.2 Å². The molecule has 1 fully saturated rings. The van der Waals surface area contributed by atoms with Crippen LogP contribution in [0.1, 0.15) is 43.4 Å². The van der Waals surface area contributed by atoms with Crippen molar-refractivity contribution in [2.45, 2.75) is 38.8 Å². The molecule has 0 aliphatic heterocycles. The van der Waals surface area contributed by atoms with Crippen molar-refractivity contribution >= 4 is 22.3 Å². The fourth-order valence-corrected chi connectivity index (χ4v) is 4.73. The minimum Gasteiger partial charge on any atom is -0.421 e. The average molecular weight is 483 g/mol. The summed E-state index contributed by atoms with van der Waals surface area (Å²) in [4.78, 5) is 18.5. The third kappa shape index (κ3) is 3.71. The monoisotopic (exact) mass is 482 g/mol. The maximum atomic E-state index is 14.0. The van der Waals surface area contributed by atoms with Gasteiger partial charge in [0.1, 0.15) is 11.4 Å². The first-order valence-electron chi connectivity index (χ1n) is 11.9. The number of pyridine rings is 2. The highest BCUT2D eigenvalue weighted by Gasteiger charge is 2.30. The second-order valence-electron chi connectivity index (χ2n) is 9.26. The largest absolute Gasteiger partial charge is 0.421 e. The molecule has 0 spiro atoms. The molecule has 10 nitrogen and oxygen atoms in total. The number of rotatable bonds is 6. The van der Waals surface area contributed by atoms with Crippen molar-refractivity contribution in [2.75, 3.05) is 11.1 Å². The van der Waals surface area contributed by atoms with Gasteiger partial charge < -0.3 is 20.0 Å². The van der Waals surface area contributed by atoms with Crippen LogP contribution >= 0.6 is 0 Å². The minimum atomic E-state index is -0.248. The molecule has 0 bridgehead atoms. The summed E-state index contributed by atoms with van der Waals surface area (Å²) < 4.78 is 9.32. The first-order chi connectivity index (χ1) is 17.4. The summed E-state index contributed by atoms with van der Waals surface area (Å²) in [5.74, 6) is 1.26. The summed E-state index contributed by atoms with van der Waals surface area (Å²) in [7, 11) is 1.87. The quantitative estimate of drug-likeness (QED) is 0.367. The molecule has 0 amide bonds. The van der Waals surface area contributed by atoms with E-state index < -0.39 is 0 Å². The predicted molar refractivity (Wildman–Crippen MR) is 137 cm³/mol. The van der Waals surface area contributed by atoms with Crippen molar-refractivity contribution in [3.05, 3.63) is 70.9 Å². The van der Waals surface area contributed by atoms with Gasteiger partial charge in [0.2, 0.25) is 5.89 Å². The van der Waals surface area contributed by atoms with E-state index in [0.717, 1.165) is 35.0 Å². The second-order valence-corrected chi connectivity index (χ2v) is 9.26. The van der Waals surface area contributed by atoms with Crippen LogP contribution in [0.15, 0.2) is 58.1 Å². The lowest BCUT2D eigenvalue weighted by Crippen LogP contribution is -2.26. The number of benzene rings is 1. The molecule has 10 heteroatoms. The summed E-state index contributed by atoms with van der Waals surface area (Å²) in [6.07, 6.45) is 7.30. The van der Waals surface area contributed by atoms with E-state index in [1.165, 1.54) is 0 Å². The normalized spacial score (nSPS) is 14.3. The molecular weight excluding hydrogens is 456 g/mol. The molecule has 4 aromatic heterocycles. The van der Waals surface area contributed by atoms with E-state index in [1.54, 1.807) is 30.1 Å². The van der Waals surface area contributed by atoms with E-state index in [0.29, 0.717) is 34.2 Å². The standard InChI is InChI=1S/C26H26N8O2/c1-14(30-24-23(20(27)9-10-28-24)25-32-31-15(2)36-25)21-11-16-5-4-6-19(17-12-29-33(3)13-17)22(16)26(35)34(21)18-7-8-18/h4-6,9-14,18H,7-8H2,1-3H3,(H3,27,28,30)/t14-/m0/s1. The van der Waals surface area contributed by atoms with Crippen molar-refractivity contribution in [1.29, 1.82) is 0 Å². The lowest BCUT2D eigenvalue weighted by Gasteiger charge is -2.22. The van der Waals surface area contributed by atoms with Gasteiger partial charge in [-0.05, 0) is 42.8 Å². The third-order valence-corrected chi connectivity index (χ3v) is 6.56. The molecule has 6 rings (SSSR count). The summed E-state index contributed by atoms with van der Waals surface area (Å²) >= 11 is 0. The molecule has 4 heterocycles. The predicted octanol–water partition coefficient (Wildman–Crippen LogP) is 4.25. The van der Waals surface area contributed by atoms with Gasteiger partial charge in [-0.3, -0.25) is 9.48 Å². The van der Waals surface area contributed by atoms with E-state index >= 15 is 0 Å². The Morgan fingerprint density at radius 3 is 2.75 bits per heavy atom. The third-order valence-electron chi connectivity index (χ3n) is 6.56. The van der Waals surface area contributed by atoms with E-state index in [9.17, 15) is 4.79 Å². The molecule has 1 aromatic carbocycles. The number of fused-ring (bicyclic) bond motifs is 1. The Kier molecular flexibility index (Phi) is 5.10. The van der Waals surface area contributed by atoms with Crippen molar-refractivity contribution in [2.24, 2.45) is 7.05 Å². The first-order valence-corrected chi connectivity index (χ1v) is 11.9. The van der Waals surface area contributed by atoms with E-state index in [1.807, 2.05) is 42.9 Å². The molecule has 0 unspecified atom stereocenters. The van der Waals surface area contributed by atoms with Crippen molar-refractivity contribution < 1.29 is 4.42 Å². The summed E-state index contributed by atoms with van der Waals surface area (Å²) in [5, 5.41) is 17.4. The number of hydrogen-bond acceptors (Lipinski definition) is 8. The number of nitrogens with two attached hydrogens (primary N) is 1. The zero-order chi connectivity index (χ0) is 25.0. The van der Waals surface area contributed by atoms with Crippen LogP contribution in [0.5, 0.6) is 0 Å².